The topological polar surface area (TPSA) is 49.4 Å². The Hall–Kier alpha value is 0.386. The Morgan fingerprint density at radius 3 is 2.60 bits per heavy atom. The number of esters is 1. The summed E-state index contributed by atoms with van der Waals surface area (Å²) in [4.78, 5) is 11.3. The van der Waals surface area contributed by atoms with Gasteiger partial charge in [0.1, 0.15) is 6.10 Å². The van der Waals surface area contributed by atoms with Gasteiger partial charge in [-0.15, -0.1) is 0 Å². The van der Waals surface area contributed by atoms with E-state index in [9.17, 15) is 9.90 Å². The molecule has 0 aromatic rings. The second-order valence-electron chi connectivity index (χ2n) is 3.56. The smallest absolute Gasteiger partial charge is 0.872 e. The molecule has 1 heterocycles. The molecule has 3 nitrogen and oxygen atoms in total. The van der Waals surface area contributed by atoms with Crippen LogP contribution in [0.5, 0.6) is 0 Å². The Morgan fingerprint density at radius 1 is 1.60 bits per heavy atom. The first-order chi connectivity index (χ1) is 6.57. The van der Waals surface area contributed by atoms with E-state index < -0.39 is 12.1 Å². The van der Waals surface area contributed by atoms with Crippen LogP contribution in [0.2, 0.25) is 0 Å². The van der Waals surface area contributed by atoms with Gasteiger partial charge in [-0.1, -0.05) is 25.7 Å². The zero-order valence-corrected chi connectivity index (χ0v) is 12.8. The number of cyclic esters (lactones) is 1. The molecule has 1 aliphatic heterocycles. The minimum atomic E-state index is -0.561. The molecule has 0 fully saturated rings. The zero-order valence-electron chi connectivity index (χ0n) is 9.63. The van der Waals surface area contributed by atoms with Crippen LogP contribution in [0.1, 0.15) is 33.1 Å². The zero-order chi connectivity index (χ0) is 10.7. The second kappa shape index (κ2) is 6.86. The molecule has 1 atom stereocenters. The quantitative estimate of drug-likeness (QED) is 0.430. The molecule has 1 aliphatic rings. The molecule has 4 heteroatoms. The third-order valence-corrected chi connectivity index (χ3v) is 2.24. The van der Waals surface area contributed by atoms with Crippen molar-refractivity contribution < 1.29 is 66.0 Å². The van der Waals surface area contributed by atoms with E-state index in [0.717, 1.165) is 12.8 Å². The number of rotatable bonds is 4. The van der Waals surface area contributed by atoms with E-state index in [1.165, 1.54) is 0 Å². The van der Waals surface area contributed by atoms with Gasteiger partial charge in [0, 0.05) is 0 Å². The van der Waals surface area contributed by atoms with Gasteiger partial charge in [-0.3, -0.25) is 0 Å². The number of ether oxygens (including phenoxy) is 1. The van der Waals surface area contributed by atoms with Crippen LogP contribution in [-0.2, 0) is 9.53 Å². The first-order valence-electron chi connectivity index (χ1n) is 4.86. The van der Waals surface area contributed by atoms with Crippen LogP contribution in [0, 0.1) is 0 Å². The Bertz CT molecular complexity index is 294. The van der Waals surface area contributed by atoms with E-state index in [1.807, 2.05) is 6.92 Å². The first-order valence-corrected chi connectivity index (χ1v) is 4.86. The standard InChI is InChI=1S/C11H16O3.K/c1-4-5-6-8-10(12)9(7(2)3)11(13)14-8;/h8,12H,2,4-6H2,1,3H3;/q;+1/p-1. The van der Waals surface area contributed by atoms with Crippen LogP contribution in [0.25, 0.3) is 0 Å². The van der Waals surface area contributed by atoms with E-state index in [-0.39, 0.29) is 62.7 Å². The Balaban J connectivity index is 0.00000196. The third kappa shape index (κ3) is 3.71. The summed E-state index contributed by atoms with van der Waals surface area (Å²) in [6, 6.07) is 0. The molecule has 0 aliphatic carbocycles. The van der Waals surface area contributed by atoms with Crippen molar-refractivity contribution >= 4 is 5.97 Å². The molecular weight excluding hydrogens is 219 g/mol. The Morgan fingerprint density at radius 2 is 2.20 bits per heavy atom. The first kappa shape index (κ1) is 15.4. The maximum Gasteiger partial charge on any atom is 1.00 e. The summed E-state index contributed by atoms with van der Waals surface area (Å²) < 4.78 is 4.96. The van der Waals surface area contributed by atoms with Gasteiger partial charge in [0.15, 0.2) is 0 Å². The average Bonchev–Trinajstić information content (AvgIpc) is 2.38. The molecule has 15 heavy (non-hydrogen) atoms. The number of hydrogen-bond acceptors (Lipinski definition) is 3. The van der Waals surface area contributed by atoms with Crippen molar-refractivity contribution in [3.05, 3.63) is 23.5 Å². The molecule has 0 aromatic heterocycles. The van der Waals surface area contributed by atoms with E-state index in [1.54, 1.807) is 6.92 Å². The molecule has 1 rings (SSSR count). The number of carbonyl (C=O) groups is 1. The van der Waals surface area contributed by atoms with Crippen LogP contribution >= 0.6 is 0 Å². The number of carbonyl (C=O) groups excluding carboxylic acids is 1. The average molecular weight is 234 g/mol. The summed E-state index contributed by atoms with van der Waals surface area (Å²) in [7, 11) is 0. The molecule has 0 aromatic carbocycles. The fourth-order valence-corrected chi connectivity index (χ4v) is 1.47. The van der Waals surface area contributed by atoms with Gasteiger partial charge >= 0.3 is 57.4 Å². The van der Waals surface area contributed by atoms with Crippen molar-refractivity contribution in [1.29, 1.82) is 0 Å². The van der Waals surface area contributed by atoms with E-state index in [0.29, 0.717) is 12.0 Å². The molecule has 0 spiro atoms. The second-order valence-corrected chi connectivity index (χ2v) is 3.56. The van der Waals surface area contributed by atoms with Crippen molar-refractivity contribution in [2.24, 2.45) is 0 Å². The van der Waals surface area contributed by atoms with Gasteiger partial charge in [0.05, 0.1) is 5.57 Å². The van der Waals surface area contributed by atoms with Crippen LogP contribution in [0.15, 0.2) is 23.5 Å². The van der Waals surface area contributed by atoms with Crippen LogP contribution in [-0.4, -0.2) is 12.1 Å². The minimum absolute atomic E-state index is 0. The van der Waals surface area contributed by atoms with Gasteiger partial charge in [-0.2, -0.15) is 0 Å². The van der Waals surface area contributed by atoms with Crippen molar-refractivity contribution in [3.63, 3.8) is 0 Å². The third-order valence-electron chi connectivity index (χ3n) is 2.24. The van der Waals surface area contributed by atoms with Crippen molar-refractivity contribution in [1.82, 2.24) is 0 Å². The molecule has 0 bridgehead atoms. The molecule has 0 amide bonds. The fraction of sp³-hybridized carbons (Fsp3) is 0.545. The Kier molecular flexibility index (Phi) is 7.04. The molecule has 0 saturated heterocycles. The molecule has 0 saturated carbocycles. The fourth-order valence-electron chi connectivity index (χ4n) is 1.47. The molecule has 0 N–H and O–H groups in total. The van der Waals surface area contributed by atoms with Gasteiger partial charge in [0.25, 0.3) is 0 Å². The van der Waals surface area contributed by atoms with Gasteiger partial charge in [-0.25, -0.2) is 4.79 Å². The minimum Gasteiger partial charge on any atom is -0.872 e. The molecule has 1 unspecified atom stereocenters. The summed E-state index contributed by atoms with van der Waals surface area (Å²) in [5, 5.41) is 11.6. The summed E-state index contributed by atoms with van der Waals surface area (Å²) in [6.07, 6.45) is 1.95. The number of unbranched alkanes of at least 4 members (excludes halogenated alkanes) is 1. The van der Waals surface area contributed by atoms with E-state index >= 15 is 0 Å². The largest absolute Gasteiger partial charge is 1.00 e. The van der Waals surface area contributed by atoms with Gasteiger partial charge < -0.3 is 9.84 Å². The summed E-state index contributed by atoms with van der Waals surface area (Å²) in [6.45, 7) is 7.28. The monoisotopic (exact) mass is 234 g/mol. The predicted octanol–water partition coefficient (Wildman–Crippen LogP) is -1.70. The predicted molar refractivity (Wildman–Crippen MR) is 51.2 cm³/mol. The maximum atomic E-state index is 11.6. The van der Waals surface area contributed by atoms with Crippen LogP contribution in [0.4, 0.5) is 0 Å². The van der Waals surface area contributed by atoms with Gasteiger partial charge in [0.2, 0.25) is 0 Å². The maximum absolute atomic E-state index is 11.6. The summed E-state index contributed by atoms with van der Waals surface area (Å²) in [5.74, 6) is -0.709. The van der Waals surface area contributed by atoms with Crippen molar-refractivity contribution in [2.75, 3.05) is 0 Å². The normalized spacial score (nSPS) is 19.9. The number of hydrogen-bond donors (Lipinski definition) is 0. The van der Waals surface area contributed by atoms with Crippen molar-refractivity contribution in [2.45, 2.75) is 39.2 Å². The Labute approximate surface area is 133 Å². The van der Waals surface area contributed by atoms with E-state index in [4.69, 9.17) is 4.74 Å². The van der Waals surface area contributed by atoms with Crippen molar-refractivity contribution in [3.8, 4) is 0 Å². The molecular formula is C11H15KO3. The SMILES string of the molecule is C=C(C)C1=C([O-])C(CCCC)OC1=O.[K+]. The van der Waals surface area contributed by atoms with Gasteiger partial charge in [-0.05, 0) is 25.3 Å². The van der Waals surface area contributed by atoms with Crippen LogP contribution < -0.4 is 56.5 Å². The summed E-state index contributed by atoms with van der Waals surface area (Å²) in [5.41, 5.74) is 0.644. The molecule has 0 radical (unpaired) electrons. The van der Waals surface area contributed by atoms with Crippen LogP contribution in [0.3, 0.4) is 0 Å². The van der Waals surface area contributed by atoms with E-state index in [2.05, 4.69) is 6.58 Å². The molecule has 78 valence electrons. The summed E-state index contributed by atoms with van der Waals surface area (Å²) >= 11 is 0.